The van der Waals surface area contributed by atoms with Crippen molar-refractivity contribution in [3.63, 3.8) is 0 Å². The van der Waals surface area contributed by atoms with Gasteiger partial charge in [0.15, 0.2) is 0 Å². The van der Waals surface area contributed by atoms with Gasteiger partial charge in [-0.25, -0.2) is 0 Å². The van der Waals surface area contributed by atoms with Crippen molar-refractivity contribution in [1.29, 1.82) is 0 Å². The van der Waals surface area contributed by atoms with E-state index in [1.54, 1.807) is 0 Å². The predicted octanol–water partition coefficient (Wildman–Crippen LogP) is 4.03. The van der Waals surface area contributed by atoms with Crippen molar-refractivity contribution in [2.75, 3.05) is 25.1 Å². The Hall–Kier alpha value is -2.29. The highest BCUT2D eigenvalue weighted by Crippen LogP contribution is 2.43. The van der Waals surface area contributed by atoms with E-state index in [1.165, 1.54) is 44.6 Å². The van der Waals surface area contributed by atoms with Crippen LogP contribution in [0.3, 0.4) is 0 Å². The Morgan fingerprint density at radius 3 is 2.84 bits per heavy atom. The Balaban J connectivity index is 1.99. The van der Waals surface area contributed by atoms with Crippen LogP contribution in [0.1, 0.15) is 34.2 Å². The minimum absolute atomic E-state index is 0.477. The van der Waals surface area contributed by atoms with E-state index in [1.807, 2.05) is 0 Å². The van der Waals surface area contributed by atoms with E-state index in [4.69, 9.17) is 4.74 Å². The fourth-order valence-electron chi connectivity index (χ4n) is 4.43. The van der Waals surface area contributed by atoms with Crippen molar-refractivity contribution in [2.24, 2.45) is 0 Å². The summed E-state index contributed by atoms with van der Waals surface area (Å²) in [6.07, 6.45) is 4.71. The lowest BCUT2D eigenvalue weighted by Crippen LogP contribution is -2.13. The summed E-state index contributed by atoms with van der Waals surface area (Å²) in [5, 5.41) is 0. The normalized spacial score (nSPS) is 15.6. The predicted molar refractivity (Wildman–Crippen MR) is 102 cm³/mol. The second kappa shape index (κ2) is 6.21. The quantitative estimate of drug-likeness (QED) is 0.793. The monoisotopic (exact) mass is 335 g/mol. The molecular formula is C22H25NO2. The maximum atomic E-state index is 11.4. The lowest BCUT2D eigenvalue weighted by Gasteiger charge is -2.24. The van der Waals surface area contributed by atoms with Crippen LogP contribution in [0.4, 0.5) is 5.69 Å². The lowest BCUT2D eigenvalue weighted by molar-refractivity contribution is -0.107. The van der Waals surface area contributed by atoms with Gasteiger partial charge in [0.25, 0.3) is 0 Å². The summed E-state index contributed by atoms with van der Waals surface area (Å²) in [5.41, 5.74) is 10.3. The molecule has 0 bridgehead atoms. The van der Waals surface area contributed by atoms with Crippen molar-refractivity contribution in [2.45, 2.75) is 39.5 Å². The number of hydrogen-bond donors (Lipinski definition) is 0. The molecular weight excluding hydrogens is 310 g/mol. The summed E-state index contributed by atoms with van der Waals surface area (Å²) in [7, 11) is 2.15. The van der Waals surface area contributed by atoms with Crippen LogP contribution < -0.4 is 9.64 Å². The zero-order chi connectivity index (χ0) is 17.6. The molecule has 0 saturated heterocycles. The third-order valence-corrected chi connectivity index (χ3v) is 5.79. The molecule has 25 heavy (non-hydrogen) atoms. The van der Waals surface area contributed by atoms with E-state index in [9.17, 15) is 4.79 Å². The van der Waals surface area contributed by atoms with Crippen LogP contribution >= 0.6 is 0 Å². The molecule has 0 atom stereocenters. The van der Waals surface area contributed by atoms with E-state index < -0.39 is 0 Å². The van der Waals surface area contributed by atoms with Crippen LogP contribution in [0.5, 0.6) is 5.75 Å². The van der Waals surface area contributed by atoms with E-state index >= 15 is 0 Å². The first-order valence-electron chi connectivity index (χ1n) is 9.17. The molecule has 0 fully saturated rings. The van der Waals surface area contributed by atoms with Gasteiger partial charge in [0.05, 0.1) is 6.61 Å². The molecule has 0 spiro atoms. The van der Waals surface area contributed by atoms with Crippen LogP contribution in [0, 0.1) is 13.8 Å². The van der Waals surface area contributed by atoms with E-state index in [2.05, 4.69) is 44.0 Å². The van der Waals surface area contributed by atoms with Gasteiger partial charge in [-0.05, 0) is 84.2 Å². The maximum Gasteiger partial charge on any atom is 0.124 e. The highest BCUT2D eigenvalue weighted by atomic mass is 16.5. The second-order valence-electron chi connectivity index (χ2n) is 7.25. The van der Waals surface area contributed by atoms with E-state index in [-0.39, 0.29) is 0 Å². The largest absolute Gasteiger partial charge is 0.493 e. The zero-order valence-corrected chi connectivity index (χ0v) is 15.3. The number of hydrogen-bond acceptors (Lipinski definition) is 3. The molecule has 0 aromatic heterocycles. The number of anilines is 1. The van der Waals surface area contributed by atoms with Crippen molar-refractivity contribution < 1.29 is 9.53 Å². The number of fused-ring (bicyclic) bond motifs is 2. The van der Waals surface area contributed by atoms with E-state index in [0.29, 0.717) is 6.42 Å². The van der Waals surface area contributed by atoms with Gasteiger partial charge in [0, 0.05) is 25.7 Å². The van der Waals surface area contributed by atoms with E-state index in [0.717, 1.165) is 44.4 Å². The zero-order valence-electron chi connectivity index (χ0n) is 15.3. The second-order valence-corrected chi connectivity index (χ2v) is 7.25. The first kappa shape index (κ1) is 16.2. The average Bonchev–Trinajstić information content (AvgIpc) is 2.98. The van der Waals surface area contributed by atoms with Crippen molar-refractivity contribution >= 4 is 12.0 Å². The van der Waals surface area contributed by atoms with Gasteiger partial charge in [0.1, 0.15) is 12.0 Å². The molecule has 2 aliphatic rings. The van der Waals surface area contributed by atoms with Crippen molar-refractivity contribution in [3.8, 4) is 16.9 Å². The van der Waals surface area contributed by atoms with Gasteiger partial charge < -0.3 is 14.4 Å². The Labute approximate surface area is 149 Å². The fraction of sp³-hybridized carbons (Fsp3) is 0.409. The fourth-order valence-corrected chi connectivity index (χ4v) is 4.43. The first-order chi connectivity index (χ1) is 12.1. The van der Waals surface area contributed by atoms with Gasteiger partial charge in [-0.15, -0.1) is 0 Å². The third kappa shape index (κ3) is 2.53. The number of aldehydes is 1. The van der Waals surface area contributed by atoms with Gasteiger partial charge in [-0.1, -0.05) is 6.07 Å². The summed E-state index contributed by atoms with van der Waals surface area (Å²) in [6, 6.07) is 6.57. The summed E-state index contributed by atoms with van der Waals surface area (Å²) in [4.78, 5) is 13.7. The van der Waals surface area contributed by atoms with Gasteiger partial charge in [0.2, 0.25) is 0 Å². The minimum Gasteiger partial charge on any atom is -0.493 e. The first-order valence-corrected chi connectivity index (χ1v) is 9.17. The highest BCUT2D eigenvalue weighted by Gasteiger charge is 2.26. The standard InChI is InChI=1S/C22H25NO2/c1-14-13-20-19(8-10-23(20)3)22(16(14)9-11-24)18-6-7-21-17(15(18)2)5-4-12-25-21/h6-7,11,13H,4-5,8-10,12H2,1-3H3. The third-order valence-electron chi connectivity index (χ3n) is 5.79. The summed E-state index contributed by atoms with van der Waals surface area (Å²) in [6.45, 7) is 6.19. The maximum absolute atomic E-state index is 11.4. The molecule has 0 aliphatic carbocycles. The van der Waals surface area contributed by atoms with Gasteiger partial charge >= 0.3 is 0 Å². The smallest absolute Gasteiger partial charge is 0.124 e. The minimum atomic E-state index is 0.477. The number of carbonyl (C=O) groups excluding carboxylic acids is 1. The molecule has 0 unspecified atom stereocenters. The Kier molecular flexibility index (Phi) is 4.03. The van der Waals surface area contributed by atoms with Gasteiger partial charge in [-0.2, -0.15) is 0 Å². The number of ether oxygens (including phenoxy) is 1. The van der Waals surface area contributed by atoms with Crippen molar-refractivity contribution in [1.82, 2.24) is 0 Å². The number of likely N-dealkylation sites (N-methyl/N-ethyl adjacent to an activating group) is 1. The molecule has 0 amide bonds. The number of nitrogens with zero attached hydrogens (tertiary/aromatic N) is 1. The molecule has 130 valence electrons. The van der Waals surface area contributed by atoms with Crippen LogP contribution in [0.15, 0.2) is 18.2 Å². The van der Waals surface area contributed by atoms with Crippen LogP contribution in [0.25, 0.3) is 11.1 Å². The molecule has 4 rings (SSSR count). The van der Waals surface area contributed by atoms with Gasteiger partial charge in [-0.3, -0.25) is 0 Å². The molecule has 2 heterocycles. The number of rotatable bonds is 3. The van der Waals surface area contributed by atoms with Crippen molar-refractivity contribution in [3.05, 3.63) is 46.0 Å². The Morgan fingerprint density at radius 1 is 1.20 bits per heavy atom. The van der Waals surface area contributed by atoms with Crippen LogP contribution in [-0.2, 0) is 24.1 Å². The highest BCUT2D eigenvalue weighted by molar-refractivity contribution is 5.85. The topological polar surface area (TPSA) is 29.5 Å². The molecule has 0 saturated carbocycles. The Bertz CT molecular complexity index is 854. The number of aryl methyl sites for hydroxylation is 1. The SMILES string of the molecule is Cc1cc2c(c(-c3ccc4c(c3C)CCCO4)c1CC=O)CCN2C. The van der Waals surface area contributed by atoms with Crippen LogP contribution in [-0.4, -0.2) is 26.5 Å². The summed E-state index contributed by atoms with van der Waals surface area (Å²) >= 11 is 0. The molecule has 0 radical (unpaired) electrons. The molecule has 0 N–H and O–H groups in total. The molecule has 2 aromatic carbocycles. The number of benzene rings is 2. The molecule has 3 nitrogen and oxygen atoms in total. The molecule has 2 aromatic rings. The average molecular weight is 335 g/mol. The molecule has 3 heteroatoms. The summed E-state index contributed by atoms with van der Waals surface area (Å²) in [5.74, 6) is 1.03. The van der Waals surface area contributed by atoms with Crippen LogP contribution in [0.2, 0.25) is 0 Å². The molecule has 2 aliphatic heterocycles. The Morgan fingerprint density at radius 2 is 2.04 bits per heavy atom. The lowest BCUT2D eigenvalue weighted by atomic mass is 9.84. The summed E-state index contributed by atoms with van der Waals surface area (Å²) < 4.78 is 5.84. The number of carbonyl (C=O) groups is 1.